The van der Waals surface area contributed by atoms with E-state index in [0.29, 0.717) is 43.2 Å². The first-order valence-electron chi connectivity index (χ1n) is 11.6. The molecule has 3 aliphatic rings. The van der Waals surface area contributed by atoms with Gasteiger partial charge in [-0.15, -0.1) is 0 Å². The molecule has 2 aromatic carbocycles. The van der Waals surface area contributed by atoms with Gasteiger partial charge in [0.1, 0.15) is 0 Å². The van der Waals surface area contributed by atoms with Crippen LogP contribution in [0.5, 0.6) is 0 Å². The highest BCUT2D eigenvalue weighted by molar-refractivity contribution is 7.89. The van der Waals surface area contributed by atoms with Crippen LogP contribution >= 0.6 is 0 Å². The van der Waals surface area contributed by atoms with Gasteiger partial charge in [0.25, 0.3) is 0 Å². The van der Waals surface area contributed by atoms with Gasteiger partial charge in [0, 0.05) is 19.6 Å². The molecule has 6 nitrogen and oxygen atoms in total. The van der Waals surface area contributed by atoms with E-state index in [-0.39, 0.29) is 11.9 Å². The number of sulfonamides is 1. The second-order valence-electron chi connectivity index (χ2n) is 9.53. The molecule has 1 aliphatic carbocycles. The van der Waals surface area contributed by atoms with E-state index in [1.807, 2.05) is 42.2 Å². The summed E-state index contributed by atoms with van der Waals surface area (Å²) in [4.78, 5) is 15.8. The summed E-state index contributed by atoms with van der Waals surface area (Å²) in [5, 5.41) is 3.66. The maximum absolute atomic E-state index is 13.4. The topological polar surface area (TPSA) is 69.7 Å². The lowest BCUT2D eigenvalue weighted by molar-refractivity contribution is -0.133. The first kappa shape index (κ1) is 21.6. The molecule has 1 saturated carbocycles. The molecule has 32 heavy (non-hydrogen) atoms. The Bertz CT molecular complexity index is 1070. The number of piperidine rings is 1. The fourth-order valence-electron chi connectivity index (χ4n) is 5.04. The highest BCUT2D eigenvalue weighted by Crippen LogP contribution is 2.39. The molecule has 2 aliphatic heterocycles. The van der Waals surface area contributed by atoms with Crippen molar-refractivity contribution < 1.29 is 13.2 Å². The molecule has 1 atom stereocenters. The highest BCUT2D eigenvalue weighted by atomic mass is 32.2. The molecule has 1 amide bonds. The Morgan fingerprint density at radius 1 is 1.00 bits per heavy atom. The minimum absolute atomic E-state index is 0.163. The van der Waals surface area contributed by atoms with E-state index in [9.17, 15) is 13.2 Å². The third kappa shape index (κ3) is 4.09. The van der Waals surface area contributed by atoms with Crippen LogP contribution in [0.1, 0.15) is 36.8 Å². The first-order valence-corrected chi connectivity index (χ1v) is 13.0. The predicted octanol–water partition coefficient (Wildman–Crippen LogP) is 2.93. The second kappa shape index (κ2) is 8.28. The van der Waals surface area contributed by atoms with Gasteiger partial charge in [0.2, 0.25) is 15.9 Å². The van der Waals surface area contributed by atoms with Crippen LogP contribution in [0.3, 0.4) is 0 Å². The standard InChI is InChI=1S/C25H31N3O3S/c1-19-7-11-22(12-8-19)32(30,31)27-15-13-25(14-16-27)26-23(17-20-5-3-2-4-6-20)24(29)28(25)18-21-9-10-21/h2-8,11-12,21,23,26H,9-10,13-18H2,1H3. The molecule has 5 rings (SSSR count). The van der Waals surface area contributed by atoms with Crippen LogP contribution in [0.15, 0.2) is 59.5 Å². The van der Waals surface area contributed by atoms with Gasteiger partial charge in [-0.25, -0.2) is 8.42 Å². The van der Waals surface area contributed by atoms with Crippen molar-refractivity contribution >= 4 is 15.9 Å². The number of amides is 1. The number of rotatable bonds is 6. The van der Waals surface area contributed by atoms with Crippen LogP contribution in [-0.2, 0) is 21.2 Å². The molecular formula is C25H31N3O3S. The number of nitrogens with zero attached hydrogens (tertiary/aromatic N) is 2. The SMILES string of the molecule is Cc1ccc(S(=O)(=O)N2CCC3(CC2)NC(Cc2ccccc2)C(=O)N3CC2CC2)cc1. The van der Waals surface area contributed by atoms with Gasteiger partial charge < -0.3 is 4.90 Å². The molecule has 0 aromatic heterocycles. The zero-order valence-electron chi connectivity index (χ0n) is 18.5. The van der Waals surface area contributed by atoms with E-state index in [1.54, 1.807) is 16.4 Å². The minimum Gasteiger partial charge on any atom is -0.323 e. The number of carbonyl (C=O) groups is 1. The summed E-state index contributed by atoms with van der Waals surface area (Å²) in [6.45, 7) is 3.55. The number of hydrogen-bond donors (Lipinski definition) is 1. The average Bonchev–Trinajstić information content (AvgIpc) is 3.58. The normalized spacial score (nSPS) is 23.7. The van der Waals surface area contributed by atoms with Gasteiger partial charge in [-0.1, -0.05) is 48.0 Å². The summed E-state index contributed by atoms with van der Waals surface area (Å²) < 4.78 is 27.9. The lowest BCUT2D eigenvalue weighted by atomic mass is 9.97. The smallest absolute Gasteiger partial charge is 0.243 e. The molecule has 2 saturated heterocycles. The predicted molar refractivity (Wildman–Crippen MR) is 123 cm³/mol. The van der Waals surface area contributed by atoms with Crippen molar-refractivity contribution in [3.63, 3.8) is 0 Å². The zero-order chi connectivity index (χ0) is 22.3. The molecule has 0 bridgehead atoms. The van der Waals surface area contributed by atoms with Crippen LogP contribution in [0, 0.1) is 12.8 Å². The lowest BCUT2D eigenvalue weighted by Crippen LogP contribution is -2.59. The van der Waals surface area contributed by atoms with E-state index in [4.69, 9.17) is 0 Å². The van der Waals surface area contributed by atoms with Crippen molar-refractivity contribution in [1.29, 1.82) is 0 Å². The molecule has 1 unspecified atom stereocenters. The fraction of sp³-hybridized carbons (Fsp3) is 0.480. The maximum atomic E-state index is 13.4. The third-order valence-electron chi connectivity index (χ3n) is 7.15. The largest absolute Gasteiger partial charge is 0.323 e. The monoisotopic (exact) mass is 453 g/mol. The number of hydrogen-bond acceptors (Lipinski definition) is 4. The molecule has 2 aromatic rings. The molecule has 7 heteroatoms. The quantitative estimate of drug-likeness (QED) is 0.730. The van der Waals surface area contributed by atoms with Gasteiger partial charge in [0.05, 0.1) is 16.6 Å². The molecule has 1 N–H and O–H groups in total. The van der Waals surface area contributed by atoms with Crippen molar-refractivity contribution in [3.8, 4) is 0 Å². The Morgan fingerprint density at radius 3 is 2.28 bits per heavy atom. The number of carbonyl (C=O) groups excluding carboxylic acids is 1. The van der Waals surface area contributed by atoms with Crippen LogP contribution in [0.4, 0.5) is 0 Å². The van der Waals surface area contributed by atoms with Crippen LogP contribution in [-0.4, -0.2) is 54.9 Å². The van der Waals surface area contributed by atoms with Gasteiger partial charge in [0.15, 0.2) is 0 Å². The van der Waals surface area contributed by atoms with Crippen LogP contribution in [0.25, 0.3) is 0 Å². The minimum atomic E-state index is -3.53. The van der Waals surface area contributed by atoms with E-state index < -0.39 is 15.7 Å². The summed E-state index contributed by atoms with van der Waals surface area (Å²) in [5.41, 5.74) is 1.73. The molecule has 2 heterocycles. The van der Waals surface area contributed by atoms with E-state index in [0.717, 1.165) is 17.7 Å². The van der Waals surface area contributed by atoms with Gasteiger partial charge in [-0.05, 0) is 62.6 Å². The van der Waals surface area contributed by atoms with E-state index in [2.05, 4.69) is 17.4 Å². The summed E-state index contributed by atoms with van der Waals surface area (Å²) in [6, 6.07) is 16.9. The molecular weight excluding hydrogens is 422 g/mol. The first-order chi connectivity index (χ1) is 15.4. The summed E-state index contributed by atoms with van der Waals surface area (Å²) in [7, 11) is -3.53. The third-order valence-corrected chi connectivity index (χ3v) is 9.07. The van der Waals surface area contributed by atoms with Crippen LogP contribution < -0.4 is 5.32 Å². The van der Waals surface area contributed by atoms with E-state index in [1.165, 1.54) is 12.8 Å². The Morgan fingerprint density at radius 2 is 1.66 bits per heavy atom. The average molecular weight is 454 g/mol. The summed E-state index contributed by atoms with van der Waals surface area (Å²) >= 11 is 0. The lowest BCUT2D eigenvalue weighted by Gasteiger charge is -2.44. The Hall–Kier alpha value is -2.22. The van der Waals surface area contributed by atoms with Crippen LogP contribution in [0.2, 0.25) is 0 Å². The molecule has 170 valence electrons. The van der Waals surface area contributed by atoms with Crippen molar-refractivity contribution in [2.24, 2.45) is 5.92 Å². The summed E-state index contributed by atoms with van der Waals surface area (Å²) in [6.07, 6.45) is 4.24. The fourth-order valence-corrected chi connectivity index (χ4v) is 6.49. The Balaban J connectivity index is 1.34. The van der Waals surface area contributed by atoms with Gasteiger partial charge >= 0.3 is 0 Å². The Labute approximate surface area is 190 Å². The van der Waals surface area contributed by atoms with E-state index >= 15 is 0 Å². The van der Waals surface area contributed by atoms with Crippen molar-refractivity contribution in [2.45, 2.75) is 55.6 Å². The zero-order valence-corrected chi connectivity index (χ0v) is 19.4. The number of nitrogens with one attached hydrogen (secondary N) is 1. The van der Waals surface area contributed by atoms with Crippen molar-refractivity contribution in [3.05, 3.63) is 65.7 Å². The van der Waals surface area contributed by atoms with Crippen molar-refractivity contribution in [1.82, 2.24) is 14.5 Å². The number of aryl methyl sites for hydroxylation is 1. The summed E-state index contributed by atoms with van der Waals surface area (Å²) in [5.74, 6) is 0.748. The van der Waals surface area contributed by atoms with Crippen molar-refractivity contribution in [2.75, 3.05) is 19.6 Å². The molecule has 0 radical (unpaired) electrons. The Kier molecular flexibility index (Phi) is 5.60. The molecule has 1 spiro atoms. The maximum Gasteiger partial charge on any atom is 0.243 e. The highest BCUT2D eigenvalue weighted by Gasteiger charge is 2.53. The number of benzene rings is 2. The van der Waals surface area contributed by atoms with Gasteiger partial charge in [-0.3, -0.25) is 10.1 Å². The second-order valence-corrected chi connectivity index (χ2v) is 11.5. The molecule has 3 fully saturated rings. The van der Waals surface area contributed by atoms with Gasteiger partial charge in [-0.2, -0.15) is 4.31 Å².